The maximum Gasteiger partial charge on any atom is 0.264 e. The number of anilines is 1. The van der Waals surface area contributed by atoms with Crippen molar-refractivity contribution in [3.8, 4) is 0 Å². The largest absolute Gasteiger partial charge is 0.352 e. The topological polar surface area (TPSA) is 86.8 Å². The first-order valence-electron chi connectivity index (χ1n) is 13.5. The standard InChI is InChI=1S/C31H38FN3O4S/c1-6-24(5)33-31(37)29(7-2)34(20-25-12-14-26(32)15-13-25)30(36)21-35(27-16-8-22(3)9-17-27)40(38,39)28-18-10-23(4)11-19-28/h8-19,24,29H,6-7,20-21H2,1-5H3,(H,33,37)/t24-,29-/m1/s1. The minimum Gasteiger partial charge on any atom is -0.352 e. The van der Waals surface area contributed by atoms with Crippen LogP contribution in [0.25, 0.3) is 0 Å². The van der Waals surface area contributed by atoms with E-state index < -0.39 is 34.3 Å². The van der Waals surface area contributed by atoms with Gasteiger partial charge in [0.15, 0.2) is 0 Å². The van der Waals surface area contributed by atoms with E-state index >= 15 is 0 Å². The van der Waals surface area contributed by atoms with E-state index in [1.165, 1.54) is 29.2 Å². The maximum atomic E-state index is 14.0. The Kier molecular flexibility index (Phi) is 10.5. The smallest absolute Gasteiger partial charge is 0.264 e. The highest BCUT2D eigenvalue weighted by Crippen LogP contribution is 2.25. The number of sulfonamides is 1. The predicted octanol–water partition coefficient (Wildman–Crippen LogP) is 5.36. The van der Waals surface area contributed by atoms with Crippen LogP contribution in [0.3, 0.4) is 0 Å². The Morgan fingerprint density at radius 2 is 1.40 bits per heavy atom. The fourth-order valence-electron chi connectivity index (χ4n) is 4.22. The fraction of sp³-hybridized carbons (Fsp3) is 0.355. The molecule has 3 aromatic carbocycles. The molecule has 0 radical (unpaired) electrons. The van der Waals surface area contributed by atoms with Gasteiger partial charge in [-0.2, -0.15) is 0 Å². The number of aryl methyl sites for hydroxylation is 2. The summed E-state index contributed by atoms with van der Waals surface area (Å²) in [5.74, 6) is -1.29. The van der Waals surface area contributed by atoms with E-state index in [1.807, 2.05) is 27.7 Å². The molecule has 0 bridgehead atoms. The van der Waals surface area contributed by atoms with E-state index in [9.17, 15) is 22.4 Å². The molecule has 40 heavy (non-hydrogen) atoms. The van der Waals surface area contributed by atoms with Crippen LogP contribution in [0.15, 0.2) is 77.7 Å². The average molecular weight is 568 g/mol. The lowest BCUT2D eigenvalue weighted by Gasteiger charge is -2.33. The first-order valence-corrected chi connectivity index (χ1v) is 14.9. The monoisotopic (exact) mass is 567 g/mol. The third-order valence-corrected chi connectivity index (χ3v) is 8.65. The zero-order valence-corrected chi connectivity index (χ0v) is 24.5. The second-order valence-electron chi connectivity index (χ2n) is 10.1. The second kappa shape index (κ2) is 13.6. The fourth-order valence-corrected chi connectivity index (χ4v) is 5.64. The van der Waals surface area contributed by atoms with Crippen LogP contribution in [-0.2, 0) is 26.2 Å². The maximum absolute atomic E-state index is 14.0. The number of carbonyl (C=O) groups is 2. The van der Waals surface area contributed by atoms with Gasteiger partial charge >= 0.3 is 0 Å². The van der Waals surface area contributed by atoms with Crippen LogP contribution < -0.4 is 9.62 Å². The second-order valence-corrected chi connectivity index (χ2v) is 11.9. The molecule has 0 heterocycles. The molecule has 7 nitrogen and oxygen atoms in total. The Labute approximate surface area is 237 Å². The SMILES string of the molecule is CC[C@@H](C)NC(=O)[C@@H](CC)N(Cc1ccc(F)cc1)C(=O)CN(c1ccc(C)cc1)S(=O)(=O)c1ccc(C)cc1. The van der Waals surface area contributed by atoms with Gasteiger partial charge in [0, 0.05) is 12.6 Å². The van der Waals surface area contributed by atoms with Gasteiger partial charge in [0.2, 0.25) is 11.8 Å². The van der Waals surface area contributed by atoms with Crippen molar-refractivity contribution in [2.24, 2.45) is 0 Å². The summed E-state index contributed by atoms with van der Waals surface area (Å²) in [4.78, 5) is 28.7. The molecule has 2 amide bonds. The Hall–Kier alpha value is -3.72. The highest BCUT2D eigenvalue weighted by molar-refractivity contribution is 7.92. The molecule has 3 rings (SSSR count). The normalized spacial score (nSPS) is 12.8. The van der Waals surface area contributed by atoms with Crippen molar-refractivity contribution in [2.45, 2.75) is 71.0 Å². The van der Waals surface area contributed by atoms with Crippen molar-refractivity contribution in [3.05, 3.63) is 95.3 Å². The quantitative estimate of drug-likeness (QED) is 0.319. The van der Waals surface area contributed by atoms with Crippen molar-refractivity contribution in [1.82, 2.24) is 10.2 Å². The molecule has 0 saturated heterocycles. The van der Waals surface area contributed by atoms with Crippen LogP contribution >= 0.6 is 0 Å². The van der Waals surface area contributed by atoms with Crippen LogP contribution in [0, 0.1) is 19.7 Å². The lowest BCUT2D eigenvalue weighted by molar-refractivity contribution is -0.140. The van der Waals surface area contributed by atoms with Gasteiger partial charge in [-0.3, -0.25) is 13.9 Å². The van der Waals surface area contributed by atoms with Crippen molar-refractivity contribution in [1.29, 1.82) is 0 Å². The molecule has 0 spiro atoms. The number of amides is 2. The summed E-state index contributed by atoms with van der Waals surface area (Å²) in [7, 11) is -4.13. The highest BCUT2D eigenvalue weighted by Gasteiger charge is 2.34. The molecule has 0 aliphatic heterocycles. The van der Waals surface area contributed by atoms with Gasteiger partial charge in [-0.1, -0.05) is 61.4 Å². The van der Waals surface area contributed by atoms with E-state index in [0.717, 1.165) is 15.4 Å². The average Bonchev–Trinajstić information content (AvgIpc) is 2.93. The van der Waals surface area contributed by atoms with Crippen LogP contribution in [0.5, 0.6) is 0 Å². The summed E-state index contributed by atoms with van der Waals surface area (Å²) in [6.07, 6.45) is 1.02. The lowest BCUT2D eigenvalue weighted by atomic mass is 10.1. The molecular weight excluding hydrogens is 529 g/mol. The number of rotatable bonds is 12. The number of nitrogens with one attached hydrogen (secondary N) is 1. The van der Waals surface area contributed by atoms with E-state index in [1.54, 1.807) is 55.5 Å². The molecule has 214 valence electrons. The summed E-state index contributed by atoms with van der Waals surface area (Å²) in [5.41, 5.74) is 2.79. The van der Waals surface area contributed by atoms with Crippen LogP contribution in [-0.4, -0.2) is 43.8 Å². The van der Waals surface area contributed by atoms with Crippen molar-refractivity contribution in [3.63, 3.8) is 0 Å². The summed E-state index contributed by atoms with van der Waals surface area (Å²) < 4.78 is 42.4. The third-order valence-electron chi connectivity index (χ3n) is 6.86. The molecule has 0 aliphatic rings. The number of benzene rings is 3. The molecule has 0 fully saturated rings. The van der Waals surface area contributed by atoms with Crippen LogP contribution in [0.2, 0.25) is 0 Å². The number of nitrogens with zero attached hydrogens (tertiary/aromatic N) is 2. The van der Waals surface area contributed by atoms with Gasteiger partial charge in [0.05, 0.1) is 10.6 Å². The molecule has 0 saturated carbocycles. The number of hydrogen-bond donors (Lipinski definition) is 1. The molecule has 0 aliphatic carbocycles. The summed E-state index contributed by atoms with van der Waals surface area (Å²) in [6.45, 7) is 8.87. The number of carbonyl (C=O) groups excluding carboxylic acids is 2. The van der Waals surface area contributed by atoms with E-state index in [4.69, 9.17) is 0 Å². The molecule has 0 aromatic heterocycles. The van der Waals surface area contributed by atoms with Crippen LogP contribution in [0.1, 0.15) is 50.3 Å². The minimum absolute atomic E-state index is 0.0118. The van der Waals surface area contributed by atoms with E-state index in [2.05, 4.69) is 5.32 Å². The van der Waals surface area contributed by atoms with Crippen molar-refractivity contribution < 1.29 is 22.4 Å². The lowest BCUT2D eigenvalue weighted by Crippen LogP contribution is -2.53. The first-order chi connectivity index (χ1) is 19.0. The highest BCUT2D eigenvalue weighted by atomic mass is 32.2. The molecule has 2 atom stereocenters. The third kappa shape index (κ3) is 7.69. The summed E-state index contributed by atoms with van der Waals surface area (Å²) >= 11 is 0. The van der Waals surface area contributed by atoms with E-state index in [-0.39, 0.29) is 23.4 Å². The molecule has 9 heteroatoms. The summed E-state index contributed by atoms with van der Waals surface area (Å²) in [5, 5.41) is 2.94. The van der Waals surface area contributed by atoms with E-state index in [0.29, 0.717) is 24.1 Å². The first kappa shape index (κ1) is 30.8. The van der Waals surface area contributed by atoms with Crippen LogP contribution in [0.4, 0.5) is 10.1 Å². The minimum atomic E-state index is -4.13. The number of hydrogen-bond acceptors (Lipinski definition) is 4. The molecule has 0 unspecified atom stereocenters. The number of halogens is 1. The molecule has 1 N–H and O–H groups in total. The molecular formula is C31H38FN3O4S. The zero-order chi connectivity index (χ0) is 29.4. The zero-order valence-electron chi connectivity index (χ0n) is 23.7. The van der Waals surface area contributed by atoms with Gasteiger partial charge in [-0.15, -0.1) is 0 Å². The van der Waals surface area contributed by atoms with Gasteiger partial charge in [0.25, 0.3) is 10.0 Å². The Balaban J connectivity index is 2.04. The Morgan fingerprint density at radius 1 is 0.850 bits per heavy atom. The van der Waals surface area contributed by atoms with Gasteiger partial charge in [-0.05, 0) is 75.6 Å². The van der Waals surface area contributed by atoms with Crippen molar-refractivity contribution in [2.75, 3.05) is 10.8 Å². The van der Waals surface area contributed by atoms with Gasteiger partial charge in [0.1, 0.15) is 18.4 Å². The van der Waals surface area contributed by atoms with Crippen molar-refractivity contribution >= 4 is 27.5 Å². The Morgan fingerprint density at radius 3 is 1.93 bits per heavy atom. The Bertz CT molecular complexity index is 1390. The molecule has 3 aromatic rings. The van der Waals surface area contributed by atoms with Gasteiger partial charge in [-0.25, -0.2) is 12.8 Å². The summed E-state index contributed by atoms with van der Waals surface area (Å²) in [6, 6.07) is 18.0. The predicted molar refractivity (Wildman–Crippen MR) is 156 cm³/mol. The van der Waals surface area contributed by atoms with Gasteiger partial charge < -0.3 is 10.2 Å².